The van der Waals surface area contributed by atoms with Gasteiger partial charge in [-0.1, -0.05) is 6.08 Å². The van der Waals surface area contributed by atoms with Crippen LogP contribution in [-0.2, 0) is 4.79 Å². The van der Waals surface area contributed by atoms with Crippen LogP contribution in [0.4, 0.5) is 5.69 Å². The molecular formula is C11H11NO3. The lowest BCUT2D eigenvalue weighted by atomic mass is 10.2. The predicted molar refractivity (Wildman–Crippen MR) is 56.8 cm³/mol. The van der Waals surface area contributed by atoms with Gasteiger partial charge in [0, 0.05) is 12.1 Å². The third kappa shape index (κ3) is 3.27. The molecular weight excluding hydrogens is 194 g/mol. The van der Waals surface area contributed by atoms with Crippen LogP contribution in [0.25, 0.3) is 0 Å². The van der Waals surface area contributed by atoms with Crippen LogP contribution in [0.2, 0.25) is 0 Å². The number of carbonyl (C=O) groups is 2. The fourth-order valence-corrected chi connectivity index (χ4v) is 1.04. The number of carboxylic acids is 1. The minimum absolute atomic E-state index is 0.173. The molecule has 2 N–H and O–H groups in total. The summed E-state index contributed by atoms with van der Waals surface area (Å²) in [7, 11) is 0. The standard InChI is InChI=1S/C11H11NO3/c1-2-3-10(13)12-9-6-4-8(5-7-9)11(14)15/h2,4-7H,1,3H2,(H,12,13)(H,14,15). The predicted octanol–water partition coefficient (Wildman–Crippen LogP) is 1.90. The molecule has 0 fully saturated rings. The molecule has 0 aromatic heterocycles. The van der Waals surface area contributed by atoms with Crippen LogP contribution in [0.1, 0.15) is 16.8 Å². The van der Waals surface area contributed by atoms with Crippen LogP contribution in [-0.4, -0.2) is 17.0 Å². The molecule has 0 saturated heterocycles. The van der Waals surface area contributed by atoms with Gasteiger partial charge in [-0.3, -0.25) is 4.79 Å². The molecule has 0 spiro atoms. The molecule has 0 aliphatic carbocycles. The lowest BCUT2D eigenvalue weighted by Crippen LogP contribution is -2.09. The summed E-state index contributed by atoms with van der Waals surface area (Å²) in [5.41, 5.74) is 0.767. The molecule has 1 aromatic carbocycles. The van der Waals surface area contributed by atoms with Crippen LogP contribution in [0.15, 0.2) is 36.9 Å². The first-order valence-electron chi connectivity index (χ1n) is 4.37. The minimum Gasteiger partial charge on any atom is -0.478 e. The van der Waals surface area contributed by atoms with Gasteiger partial charge in [0.05, 0.1) is 5.56 Å². The van der Waals surface area contributed by atoms with Crippen LogP contribution in [0.5, 0.6) is 0 Å². The summed E-state index contributed by atoms with van der Waals surface area (Å²) in [5.74, 6) is -1.16. The maximum absolute atomic E-state index is 11.1. The molecule has 0 aliphatic rings. The van der Waals surface area contributed by atoms with Gasteiger partial charge in [-0.2, -0.15) is 0 Å². The zero-order chi connectivity index (χ0) is 11.3. The van der Waals surface area contributed by atoms with E-state index in [-0.39, 0.29) is 17.9 Å². The van der Waals surface area contributed by atoms with Gasteiger partial charge in [-0.15, -0.1) is 6.58 Å². The van der Waals surface area contributed by atoms with Gasteiger partial charge in [0.2, 0.25) is 5.91 Å². The quantitative estimate of drug-likeness (QED) is 0.738. The number of benzene rings is 1. The summed E-state index contributed by atoms with van der Waals surface area (Å²) in [6.07, 6.45) is 1.74. The Balaban J connectivity index is 2.68. The van der Waals surface area contributed by atoms with E-state index in [4.69, 9.17) is 5.11 Å². The van der Waals surface area contributed by atoms with Crippen molar-refractivity contribution < 1.29 is 14.7 Å². The van der Waals surface area contributed by atoms with E-state index in [2.05, 4.69) is 11.9 Å². The number of carbonyl (C=O) groups excluding carboxylic acids is 1. The number of hydrogen-bond acceptors (Lipinski definition) is 2. The molecule has 0 saturated carbocycles. The van der Waals surface area contributed by atoms with Gasteiger partial charge in [0.25, 0.3) is 0 Å². The number of aromatic carboxylic acids is 1. The highest BCUT2D eigenvalue weighted by Crippen LogP contribution is 2.09. The smallest absolute Gasteiger partial charge is 0.335 e. The molecule has 0 radical (unpaired) electrons. The Morgan fingerprint density at radius 3 is 2.40 bits per heavy atom. The molecule has 1 amide bonds. The molecule has 0 heterocycles. The molecule has 4 nitrogen and oxygen atoms in total. The highest BCUT2D eigenvalue weighted by atomic mass is 16.4. The summed E-state index contributed by atoms with van der Waals surface area (Å²) >= 11 is 0. The Kier molecular flexibility index (Phi) is 3.62. The summed E-state index contributed by atoms with van der Waals surface area (Å²) in [6, 6.07) is 5.96. The van der Waals surface area contributed by atoms with E-state index in [9.17, 15) is 9.59 Å². The number of rotatable bonds is 4. The molecule has 0 bridgehead atoms. The van der Waals surface area contributed by atoms with Crippen LogP contribution < -0.4 is 5.32 Å². The van der Waals surface area contributed by atoms with Gasteiger partial charge >= 0.3 is 5.97 Å². The van der Waals surface area contributed by atoms with Gasteiger partial charge in [-0.25, -0.2) is 4.79 Å². The topological polar surface area (TPSA) is 66.4 Å². The van der Waals surface area contributed by atoms with Gasteiger partial charge in [0.1, 0.15) is 0 Å². The van der Waals surface area contributed by atoms with Crippen molar-refractivity contribution in [3.05, 3.63) is 42.5 Å². The van der Waals surface area contributed by atoms with Crippen molar-refractivity contribution >= 4 is 17.6 Å². The second kappa shape index (κ2) is 4.95. The number of amides is 1. The monoisotopic (exact) mass is 205 g/mol. The Bertz CT molecular complexity index is 381. The zero-order valence-electron chi connectivity index (χ0n) is 8.06. The first-order valence-corrected chi connectivity index (χ1v) is 4.37. The van der Waals surface area contributed by atoms with E-state index in [1.54, 1.807) is 12.1 Å². The Morgan fingerprint density at radius 2 is 1.93 bits per heavy atom. The van der Waals surface area contributed by atoms with Crippen molar-refractivity contribution in [1.82, 2.24) is 0 Å². The van der Waals surface area contributed by atoms with Crippen LogP contribution in [0, 0.1) is 0 Å². The van der Waals surface area contributed by atoms with Crippen molar-refractivity contribution in [2.75, 3.05) is 5.32 Å². The van der Waals surface area contributed by atoms with Crippen LogP contribution >= 0.6 is 0 Å². The van der Waals surface area contributed by atoms with Crippen molar-refractivity contribution in [3.8, 4) is 0 Å². The fourth-order valence-electron chi connectivity index (χ4n) is 1.04. The highest BCUT2D eigenvalue weighted by molar-refractivity contribution is 5.93. The first-order chi connectivity index (χ1) is 7.13. The van der Waals surface area contributed by atoms with E-state index in [0.717, 1.165) is 0 Å². The SMILES string of the molecule is C=CCC(=O)Nc1ccc(C(=O)O)cc1. The fraction of sp³-hybridized carbons (Fsp3) is 0.0909. The molecule has 0 aliphatic heterocycles. The Labute approximate surface area is 87.2 Å². The lowest BCUT2D eigenvalue weighted by Gasteiger charge is -2.03. The third-order valence-electron chi connectivity index (χ3n) is 1.75. The number of carboxylic acid groups (broad SMARTS) is 1. The van der Waals surface area contributed by atoms with Gasteiger partial charge in [0.15, 0.2) is 0 Å². The number of hydrogen-bond donors (Lipinski definition) is 2. The minimum atomic E-state index is -0.987. The second-order valence-electron chi connectivity index (χ2n) is 2.92. The number of anilines is 1. The van der Waals surface area contributed by atoms with Crippen LogP contribution in [0.3, 0.4) is 0 Å². The molecule has 78 valence electrons. The van der Waals surface area contributed by atoms with E-state index < -0.39 is 5.97 Å². The largest absolute Gasteiger partial charge is 0.478 e. The normalized spacial score (nSPS) is 9.33. The maximum Gasteiger partial charge on any atom is 0.335 e. The van der Waals surface area contributed by atoms with Crippen molar-refractivity contribution in [1.29, 1.82) is 0 Å². The first kappa shape index (κ1) is 11.0. The van der Waals surface area contributed by atoms with E-state index >= 15 is 0 Å². The Hall–Kier alpha value is -2.10. The molecule has 1 aromatic rings. The number of nitrogens with one attached hydrogen (secondary N) is 1. The van der Waals surface area contributed by atoms with Crippen molar-refractivity contribution in [3.63, 3.8) is 0 Å². The molecule has 0 atom stereocenters. The van der Waals surface area contributed by atoms with Crippen molar-refractivity contribution in [2.24, 2.45) is 0 Å². The zero-order valence-corrected chi connectivity index (χ0v) is 8.06. The average molecular weight is 205 g/mol. The third-order valence-corrected chi connectivity index (χ3v) is 1.75. The lowest BCUT2D eigenvalue weighted by molar-refractivity contribution is -0.115. The van der Waals surface area contributed by atoms with Crippen molar-refractivity contribution in [2.45, 2.75) is 6.42 Å². The average Bonchev–Trinajstić information content (AvgIpc) is 2.18. The second-order valence-corrected chi connectivity index (χ2v) is 2.92. The van der Waals surface area contributed by atoms with E-state index in [0.29, 0.717) is 5.69 Å². The highest BCUT2D eigenvalue weighted by Gasteiger charge is 2.03. The molecule has 0 unspecified atom stereocenters. The van der Waals surface area contributed by atoms with E-state index in [1.807, 2.05) is 0 Å². The van der Waals surface area contributed by atoms with E-state index in [1.165, 1.54) is 18.2 Å². The van der Waals surface area contributed by atoms with Gasteiger partial charge < -0.3 is 10.4 Å². The summed E-state index contributed by atoms with van der Waals surface area (Å²) < 4.78 is 0. The molecule has 1 rings (SSSR count). The summed E-state index contributed by atoms with van der Waals surface area (Å²) in [4.78, 5) is 21.7. The van der Waals surface area contributed by atoms with Gasteiger partial charge in [-0.05, 0) is 24.3 Å². The summed E-state index contributed by atoms with van der Waals surface area (Å²) in [5, 5.41) is 11.2. The summed E-state index contributed by atoms with van der Waals surface area (Å²) in [6.45, 7) is 3.44. The maximum atomic E-state index is 11.1. The molecule has 15 heavy (non-hydrogen) atoms. The Morgan fingerprint density at radius 1 is 1.33 bits per heavy atom. The molecule has 4 heteroatoms.